The predicted molar refractivity (Wildman–Crippen MR) is 106 cm³/mol. The minimum Gasteiger partial charge on any atom is -0.871 e. The quantitative estimate of drug-likeness (QED) is 0.510. The number of carbonyl (C=O) groups excluding carboxylic acids is 1. The molecule has 0 radical (unpaired) electrons. The highest BCUT2D eigenvalue weighted by atomic mass is 35.5. The zero-order valence-corrected chi connectivity index (χ0v) is 16.7. The molecule has 0 bridgehead atoms. The number of ether oxygens (including phenoxy) is 1. The monoisotopic (exact) mass is 413 g/mol. The topological polar surface area (TPSA) is 96.2 Å². The standard InChI is InChI=1S/C22H20ClNO5/c1-28-21(26)13-7-5-12(6-8-13)10-24-11-17-19(25)18(23)9-16-14-3-2-4-15(14)22(27)29-20(16)17/h5-9,24-25H,2-4,10-11H2,1H3. The van der Waals surface area contributed by atoms with Crippen LogP contribution in [-0.4, -0.2) is 13.1 Å². The van der Waals surface area contributed by atoms with Crippen LogP contribution in [0.25, 0.3) is 11.0 Å². The Bertz CT molecular complexity index is 1150. The predicted octanol–water partition coefficient (Wildman–Crippen LogP) is 2.06. The van der Waals surface area contributed by atoms with Gasteiger partial charge >= 0.3 is 11.6 Å². The molecule has 0 unspecified atom stereocenters. The second-order valence-corrected chi connectivity index (χ2v) is 7.54. The highest BCUT2D eigenvalue weighted by Gasteiger charge is 2.22. The maximum Gasteiger partial charge on any atom is 0.339 e. The van der Waals surface area contributed by atoms with E-state index in [9.17, 15) is 14.7 Å². The molecular formula is C22H20ClNO5. The number of hydrogen-bond donors (Lipinski definition) is 1. The number of fused-ring (bicyclic) bond motifs is 3. The molecule has 7 heteroatoms. The van der Waals surface area contributed by atoms with Crippen LogP contribution in [0.15, 0.2) is 39.5 Å². The van der Waals surface area contributed by atoms with E-state index in [4.69, 9.17) is 20.8 Å². The van der Waals surface area contributed by atoms with Crippen LogP contribution in [0.3, 0.4) is 0 Å². The number of aryl methyl sites for hydroxylation is 1. The first-order valence-corrected chi connectivity index (χ1v) is 9.83. The third-order valence-electron chi connectivity index (χ3n) is 5.37. The Labute approximate surface area is 172 Å². The average molecular weight is 414 g/mol. The summed E-state index contributed by atoms with van der Waals surface area (Å²) in [5, 5.41) is 15.5. The van der Waals surface area contributed by atoms with Gasteiger partial charge in [0, 0.05) is 27.1 Å². The minimum absolute atomic E-state index is 0.145. The van der Waals surface area contributed by atoms with Crippen molar-refractivity contribution in [3.63, 3.8) is 0 Å². The van der Waals surface area contributed by atoms with Gasteiger partial charge in [0.05, 0.1) is 12.7 Å². The van der Waals surface area contributed by atoms with Crippen molar-refractivity contribution >= 4 is 28.5 Å². The fraction of sp³-hybridized carbons (Fsp3) is 0.273. The normalized spacial score (nSPS) is 12.9. The van der Waals surface area contributed by atoms with E-state index in [1.54, 1.807) is 18.2 Å². The van der Waals surface area contributed by atoms with Gasteiger partial charge in [0.1, 0.15) is 18.7 Å². The number of nitrogens with two attached hydrogens (primary N) is 1. The van der Waals surface area contributed by atoms with Crippen molar-refractivity contribution in [3.8, 4) is 5.75 Å². The lowest BCUT2D eigenvalue weighted by Crippen LogP contribution is -2.80. The van der Waals surface area contributed by atoms with Crippen molar-refractivity contribution in [1.29, 1.82) is 0 Å². The van der Waals surface area contributed by atoms with Crippen LogP contribution < -0.4 is 16.0 Å². The largest absolute Gasteiger partial charge is 0.871 e. The first kappa shape index (κ1) is 19.5. The zero-order valence-electron chi connectivity index (χ0n) is 15.9. The van der Waals surface area contributed by atoms with Gasteiger partial charge < -0.3 is 19.6 Å². The molecule has 0 aliphatic heterocycles. The lowest BCUT2D eigenvalue weighted by Gasteiger charge is -2.18. The number of carbonyl (C=O) groups is 1. The van der Waals surface area contributed by atoms with Crippen LogP contribution in [0.4, 0.5) is 0 Å². The van der Waals surface area contributed by atoms with Gasteiger partial charge in [-0.25, -0.2) is 9.59 Å². The molecule has 1 aliphatic rings. The number of quaternary nitrogens is 1. The second-order valence-electron chi connectivity index (χ2n) is 7.13. The fourth-order valence-electron chi connectivity index (χ4n) is 3.89. The molecule has 1 aromatic heterocycles. The average Bonchev–Trinajstić information content (AvgIpc) is 3.22. The summed E-state index contributed by atoms with van der Waals surface area (Å²) in [6.07, 6.45) is 2.40. The van der Waals surface area contributed by atoms with Crippen LogP contribution in [-0.2, 0) is 30.7 Å². The van der Waals surface area contributed by atoms with Gasteiger partial charge in [0.2, 0.25) is 0 Å². The number of methoxy groups -OCH3 is 1. The van der Waals surface area contributed by atoms with Crippen molar-refractivity contribution in [2.75, 3.05) is 7.11 Å². The third kappa shape index (κ3) is 3.61. The van der Waals surface area contributed by atoms with Crippen molar-refractivity contribution in [1.82, 2.24) is 0 Å². The Morgan fingerprint density at radius 1 is 1.21 bits per heavy atom. The first-order chi connectivity index (χ1) is 14.0. The zero-order chi connectivity index (χ0) is 20.5. The summed E-state index contributed by atoms with van der Waals surface area (Å²) < 4.78 is 10.2. The third-order valence-corrected chi connectivity index (χ3v) is 5.65. The van der Waals surface area contributed by atoms with Gasteiger partial charge in [0.15, 0.2) is 0 Å². The van der Waals surface area contributed by atoms with Gasteiger partial charge in [-0.2, -0.15) is 0 Å². The Kier molecular flexibility index (Phi) is 5.30. The smallest absolute Gasteiger partial charge is 0.339 e. The summed E-state index contributed by atoms with van der Waals surface area (Å²) in [5.41, 5.74) is 3.53. The lowest BCUT2D eigenvalue weighted by molar-refractivity contribution is -0.686. The lowest BCUT2D eigenvalue weighted by atomic mass is 10.0. The molecule has 150 valence electrons. The minimum atomic E-state index is -0.385. The Hall–Kier alpha value is -2.83. The van der Waals surface area contributed by atoms with E-state index in [0.29, 0.717) is 41.8 Å². The number of rotatable bonds is 5. The number of esters is 1. The highest BCUT2D eigenvalue weighted by Crippen LogP contribution is 2.36. The maximum atomic E-state index is 12.6. The SMILES string of the molecule is COC(=O)c1ccc(C[NH2+]Cc2c([O-])c(Cl)cc3c4c(c(=O)oc23)CCC4)cc1. The number of halogens is 1. The van der Waals surface area contributed by atoms with Crippen LogP contribution >= 0.6 is 11.6 Å². The van der Waals surface area contributed by atoms with Gasteiger partial charge in [-0.15, -0.1) is 0 Å². The molecule has 6 nitrogen and oxygen atoms in total. The summed E-state index contributed by atoms with van der Waals surface area (Å²) >= 11 is 6.20. The van der Waals surface area contributed by atoms with Crippen LogP contribution in [0, 0.1) is 0 Å². The summed E-state index contributed by atoms with van der Waals surface area (Å²) in [4.78, 5) is 23.8. The van der Waals surface area contributed by atoms with Crippen molar-refractivity contribution < 1.29 is 24.4 Å². The first-order valence-electron chi connectivity index (χ1n) is 9.45. The molecule has 3 aromatic rings. The molecule has 0 amide bonds. The van der Waals surface area contributed by atoms with Gasteiger partial charge in [-0.1, -0.05) is 29.5 Å². The van der Waals surface area contributed by atoms with E-state index in [-0.39, 0.29) is 22.4 Å². The van der Waals surface area contributed by atoms with Crippen LogP contribution in [0.1, 0.15) is 39.0 Å². The van der Waals surface area contributed by atoms with Crippen LogP contribution in [0.5, 0.6) is 5.75 Å². The molecule has 2 N–H and O–H groups in total. The molecule has 29 heavy (non-hydrogen) atoms. The number of benzene rings is 2. The van der Waals surface area contributed by atoms with Gasteiger partial charge in [-0.05, 0) is 43.0 Å². The van der Waals surface area contributed by atoms with Gasteiger partial charge in [-0.3, -0.25) is 0 Å². The Morgan fingerprint density at radius 3 is 2.66 bits per heavy atom. The summed E-state index contributed by atoms with van der Waals surface area (Å²) in [6, 6.07) is 8.70. The molecule has 0 saturated heterocycles. The summed E-state index contributed by atoms with van der Waals surface area (Å²) in [7, 11) is 1.34. The van der Waals surface area contributed by atoms with E-state index in [0.717, 1.165) is 29.4 Å². The molecular weight excluding hydrogens is 394 g/mol. The second kappa shape index (κ2) is 7.89. The van der Waals surface area contributed by atoms with Crippen LogP contribution in [0.2, 0.25) is 5.02 Å². The molecule has 1 heterocycles. The maximum absolute atomic E-state index is 12.6. The molecule has 4 rings (SSSR count). The van der Waals surface area contributed by atoms with E-state index in [1.165, 1.54) is 7.11 Å². The molecule has 0 spiro atoms. The molecule has 0 atom stereocenters. The Morgan fingerprint density at radius 2 is 1.93 bits per heavy atom. The molecule has 2 aromatic carbocycles. The van der Waals surface area contributed by atoms with Crippen molar-refractivity contribution in [2.45, 2.75) is 32.4 Å². The fourth-order valence-corrected chi connectivity index (χ4v) is 4.12. The van der Waals surface area contributed by atoms with Gasteiger partial charge in [0.25, 0.3) is 0 Å². The highest BCUT2D eigenvalue weighted by molar-refractivity contribution is 6.33. The van der Waals surface area contributed by atoms with Crippen molar-refractivity contribution in [2.24, 2.45) is 0 Å². The summed E-state index contributed by atoms with van der Waals surface area (Å²) in [5.74, 6) is -0.693. The van der Waals surface area contributed by atoms with E-state index < -0.39 is 0 Å². The van der Waals surface area contributed by atoms with Crippen molar-refractivity contribution in [3.05, 3.63) is 73.6 Å². The van der Waals surface area contributed by atoms with E-state index in [1.807, 2.05) is 17.4 Å². The Balaban J connectivity index is 1.59. The van der Waals surface area contributed by atoms with E-state index >= 15 is 0 Å². The molecule has 1 aliphatic carbocycles. The van der Waals surface area contributed by atoms with E-state index in [2.05, 4.69) is 0 Å². The molecule has 0 saturated carbocycles. The number of hydrogen-bond acceptors (Lipinski definition) is 5. The molecule has 0 fully saturated rings. The summed E-state index contributed by atoms with van der Waals surface area (Å²) in [6.45, 7) is 0.917.